The van der Waals surface area contributed by atoms with Crippen LogP contribution in [0.3, 0.4) is 0 Å². The topological polar surface area (TPSA) is 83.5 Å². The molecule has 0 unspecified atom stereocenters. The van der Waals surface area contributed by atoms with Crippen molar-refractivity contribution in [3.8, 4) is 11.3 Å². The van der Waals surface area contributed by atoms with Gasteiger partial charge in [-0.25, -0.2) is 9.97 Å². The number of aromatic amines is 1. The number of hydrogen-bond acceptors (Lipinski definition) is 5. The molecule has 26 heavy (non-hydrogen) atoms. The van der Waals surface area contributed by atoms with Crippen LogP contribution in [0.4, 0.5) is 17.1 Å². The maximum atomic E-state index is 4.13. The van der Waals surface area contributed by atoms with Gasteiger partial charge in [0.15, 0.2) is 0 Å². The molecule has 0 atom stereocenters. The Balaban J connectivity index is 1.56. The predicted molar refractivity (Wildman–Crippen MR) is 102 cm³/mol. The van der Waals surface area contributed by atoms with E-state index in [2.05, 4.69) is 48.9 Å². The molecule has 0 aliphatic heterocycles. The maximum absolute atomic E-state index is 4.13. The fraction of sp³-hybridized carbons (Fsp3) is 0.105. The minimum absolute atomic E-state index is 0.735. The molecule has 0 aliphatic rings. The summed E-state index contributed by atoms with van der Waals surface area (Å²) in [6.45, 7) is 1.47. The molecule has 0 saturated carbocycles. The Labute approximate surface area is 151 Å². The van der Waals surface area contributed by atoms with Gasteiger partial charge in [-0.1, -0.05) is 18.2 Å². The Bertz CT molecular complexity index is 931. The summed E-state index contributed by atoms with van der Waals surface area (Å²) in [4.78, 5) is 11.3. The molecule has 7 nitrogen and oxygen atoms in total. The zero-order valence-corrected chi connectivity index (χ0v) is 14.1. The van der Waals surface area contributed by atoms with Gasteiger partial charge in [0.25, 0.3) is 0 Å². The Hall–Kier alpha value is -3.61. The van der Waals surface area contributed by atoms with Crippen LogP contribution in [-0.2, 0) is 6.54 Å². The first-order chi connectivity index (χ1) is 12.9. The summed E-state index contributed by atoms with van der Waals surface area (Å²) in [6, 6.07) is 16.4. The number of nitrogens with zero attached hydrogens (tertiary/aromatic N) is 4. The molecular weight excluding hydrogens is 326 g/mol. The summed E-state index contributed by atoms with van der Waals surface area (Å²) in [6.07, 6.45) is 6.76. The lowest BCUT2D eigenvalue weighted by Gasteiger charge is -2.14. The predicted octanol–water partition coefficient (Wildman–Crippen LogP) is 3.52. The smallest absolute Gasteiger partial charge is 0.137 e. The first kappa shape index (κ1) is 15.9. The number of para-hydroxylation sites is 1. The fourth-order valence-electron chi connectivity index (χ4n) is 2.75. The number of H-pyrrole nitrogens is 1. The molecule has 3 N–H and O–H groups in total. The number of benzene rings is 2. The lowest BCUT2D eigenvalue weighted by atomic mass is 10.1. The van der Waals surface area contributed by atoms with E-state index in [9.17, 15) is 0 Å². The number of hydrogen-bond donors (Lipinski definition) is 3. The van der Waals surface area contributed by atoms with E-state index in [1.54, 1.807) is 23.7 Å². The number of aromatic nitrogens is 5. The van der Waals surface area contributed by atoms with Gasteiger partial charge >= 0.3 is 0 Å². The monoisotopic (exact) mass is 345 g/mol. The van der Waals surface area contributed by atoms with Crippen LogP contribution in [0.15, 0.2) is 73.7 Å². The summed E-state index contributed by atoms with van der Waals surface area (Å²) >= 11 is 0. The third-order valence-electron chi connectivity index (χ3n) is 3.99. The van der Waals surface area contributed by atoms with Gasteiger partial charge in [-0.2, -0.15) is 5.10 Å². The third kappa shape index (κ3) is 3.72. The molecule has 2 aromatic heterocycles. The highest BCUT2D eigenvalue weighted by atomic mass is 15.3. The van der Waals surface area contributed by atoms with Crippen molar-refractivity contribution >= 4 is 17.1 Å². The van der Waals surface area contributed by atoms with E-state index in [1.165, 1.54) is 0 Å². The van der Waals surface area contributed by atoms with Crippen molar-refractivity contribution in [1.82, 2.24) is 24.7 Å². The van der Waals surface area contributed by atoms with E-state index in [-0.39, 0.29) is 0 Å². The van der Waals surface area contributed by atoms with Gasteiger partial charge < -0.3 is 15.6 Å². The second-order valence-electron chi connectivity index (χ2n) is 5.80. The zero-order chi connectivity index (χ0) is 17.6. The van der Waals surface area contributed by atoms with Crippen molar-refractivity contribution in [2.75, 3.05) is 17.2 Å². The molecule has 2 aromatic carbocycles. The molecule has 7 heteroatoms. The van der Waals surface area contributed by atoms with E-state index >= 15 is 0 Å². The quantitative estimate of drug-likeness (QED) is 0.477. The van der Waals surface area contributed by atoms with Crippen LogP contribution in [0.25, 0.3) is 11.3 Å². The van der Waals surface area contributed by atoms with E-state index in [4.69, 9.17) is 0 Å². The van der Waals surface area contributed by atoms with Crippen molar-refractivity contribution in [1.29, 1.82) is 0 Å². The highest BCUT2D eigenvalue weighted by Gasteiger charge is 2.08. The summed E-state index contributed by atoms with van der Waals surface area (Å²) in [5.74, 6) is 0. The number of nitrogens with one attached hydrogen (secondary N) is 3. The molecule has 0 radical (unpaired) electrons. The molecule has 4 rings (SSSR count). The summed E-state index contributed by atoms with van der Waals surface area (Å²) in [7, 11) is 0. The second kappa shape index (κ2) is 7.52. The van der Waals surface area contributed by atoms with Crippen molar-refractivity contribution in [2.24, 2.45) is 0 Å². The minimum Gasteiger partial charge on any atom is -0.383 e. The Morgan fingerprint density at radius 3 is 2.69 bits per heavy atom. The molecule has 0 spiro atoms. The van der Waals surface area contributed by atoms with E-state index < -0.39 is 0 Å². The van der Waals surface area contributed by atoms with Gasteiger partial charge in [0.05, 0.1) is 24.8 Å². The number of anilines is 3. The van der Waals surface area contributed by atoms with Crippen LogP contribution in [0, 0.1) is 0 Å². The van der Waals surface area contributed by atoms with Crippen LogP contribution in [-0.4, -0.2) is 31.3 Å². The standard InChI is InChI=1S/C19H19N7/c1-2-4-15(5-3-1)25-16-6-7-17(19-11-20-12-23-19)18(10-16)22-8-9-26-14-21-13-24-26/h1-7,10-14,22,25H,8-9H2,(H,20,23). The molecule has 0 saturated heterocycles. The zero-order valence-electron chi connectivity index (χ0n) is 14.1. The van der Waals surface area contributed by atoms with Crippen molar-refractivity contribution in [2.45, 2.75) is 6.54 Å². The molecule has 0 bridgehead atoms. The number of imidazole rings is 1. The Morgan fingerprint density at radius 2 is 1.92 bits per heavy atom. The molecule has 130 valence electrons. The summed E-state index contributed by atoms with van der Waals surface area (Å²) in [5.41, 5.74) is 5.13. The molecular formula is C19H19N7. The van der Waals surface area contributed by atoms with Crippen molar-refractivity contribution in [3.05, 3.63) is 73.7 Å². The fourth-order valence-corrected chi connectivity index (χ4v) is 2.75. The average molecular weight is 345 g/mol. The van der Waals surface area contributed by atoms with Crippen LogP contribution in [0.1, 0.15) is 0 Å². The lowest BCUT2D eigenvalue weighted by molar-refractivity contribution is 0.636. The van der Waals surface area contributed by atoms with Gasteiger partial charge in [0, 0.05) is 29.2 Å². The maximum Gasteiger partial charge on any atom is 0.137 e. The van der Waals surface area contributed by atoms with Gasteiger partial charge in [-0.05, 0) is 30.3 Å². The van der Waals surface area contributed by atoms with E-state index in [1.807, 2.05) is 36.5 Å². The minimum atomic E-state index is 0.735. The normalized spacial score (nSPS) is 10.6. The SMILES string of the molecule is c1ccc(Nc2ccc(-c3cnc[nH]3)c(NCCn3cncn3)c2)cc1. The second-order valence-corrected chi connectivity index (χ2v) is 5.80. The lowest BCUT2D eigenvalue weighted by Crippen LogP contribution is -2.11. The first-order valence-electron chi connectivity index (χ1n) is 8.40. The highest BCUT2D eigenvalue weighted by molar-refractivity contribution is 5.79. The van der Waals surface area contributed by atoms with Crippen LogP contribution < -0.4 is 10.6 Å². The highest BCUT2D eigenvalue weighted by Crippen LogP contribution is 2.30. The van der Waals surface area contributed by atoms with E-state index in [0.717, 1.165) is 41.4 Å². The Morgan fingerprint density at radius 1 is 1.00 bits per heavy atom. The molecule has 0 aliphatic carbocycles. The largest absolute Gasteiger partial charge is 0.383 e. The third-order valence-corrected chi connectivity index (χ3v) is 3.99. The molecule has 4 aromatic rings. The van der Waals surface area contributed by atoms with Crippen molar-refractivity contribution < 1.29 is 0 Å². The average Bonchev–Trinajstić information content (AvgIpc) is 3.37. The van der Waals surface area contributed by atoms with Crippen LogP contribution in [0.5, 0.6) is 0 Å². The molecule has 2 heterocycles. The molecule has 0 amide bonds. The van der Waals surface area contributed by atoms with Crippen LogP contribution >= 0.6 is 0 Å². The summed E-state index contributed by atoms with van der Waals surface area (Å²) in [5, 5.41) is 11.0. The van der Waals surface area contributed by atoms with E-state index in [0.29, 0.717) is 0 Å². The molecule has 0 fully saturated rings. The van der Waals surface area contributed by atoms with Gasteiger partial charge in [0.1, 0.15) is 12.7 Å². The first-order valence-corrected chi connectivity index (χ1v) is 8.40. The Kier molecular flexibility index (Phi) is 4.60. The summed E-state index contributed by atoms with van der Waals surface area (Å²) < 4.78 is 1.80. The van der Waals surface area contributed by atoms with Gasteiger partial charge in [-0.3, -0.25) is 4.68 Å². The number of rotatable bonds is 7. The van der Waals surface area contributed by atoms with Gasteiger partial charge in [-0.15, -0.1) is 0 Å². The van der Waals surface area contributed by atoms with Crippen molar-refractivity contribution in [3.63, 3.8) is 0 Å². The van der Waals surface area contributed by atoms with Crippen LogP contribution in [0.2, 0.25) is 0 Å². The van der Waals surface area contributed by atoms with Gasteiger partial charge in [0.2, 0.25) is 0 Å².